The Morgan fingerprint density at radius 1 is 1.13 bits per heavy atom. The highest BCUT2D eigenvalue weighted by Crippen LogP contribution is 2.43. The second-order valence-electron chi connectivity index (χ2n) is 7.10. The monoisotopic (exact) mass is 469 g/mol. The highest BCUT2D eigenvalue weighted by atomic mass is 79.9. The molecule has 3 aromatic rings. The zero-order valence-electron chi connectivity index (χ0n) is 16.5. The molecule has 0 radical (unpaired) electrons. The number of amides is 1. The number of fused-ring (bicyclic) bond motifs is 1. The van der Waals surface area contributed by atoms with E-state index in [0.717, 1.165) is 15.6 Å². The molecular formula is C24H21BrFNO3. The normalized spacial score (nSPS) is 15.4. The molecule has 4 nitrogen and oxygen atoms in total. The van der Waals surface area contributed by atoms with E-state index in [2.05, 4.69) is 15.9 Å². The molecule has 1 unspecified atom stereocenters. The van der Waals surface area contributed by atoms with Crippen molar-refractivity contribution in [2.24, 2.45) is 0 Å². The lowest BCUT2D eigenvalue weighted by molar-refractivity contribution is 0.143. The van der Waals surface area contributed by atoms with Gasteiger partial charge >= 0.3 is 6.09 Å². The first-order valence-corrected chi connectivity index (χ1v) is 10.5. The van der Waals surface area contributed by atoms with E-state index in [1.54, 1.807) is 30.2 Å². The number of hydrogen-bond acceptors (Lipinski definition) is 3. The fraction of sp³-hybridized carbons (Fsp3) is 0.208. The number of aryl methyl sites for hydroxylation is 1. The van der Waals surface area contributed by atoms with Gasteiger partial charge in [0, 0.05) is 5.56 Å². The molecule has 0 fully saturated rings. The topological polar surface area (TPSA) is 38.8 Å². The van der Waals surface area contributed by atoms with Gasteiger partial charge in [0.2, 0.25) is 0 Å². The molecule has 1 amide bonds. The smallest absolute Gasteiger partial charge is 0.415 e. The second-order valence-corrected chi connectivity index (χ2v) is 7.96. The van der Waals surface area contributed by atoms with Crippen molar-refractivity contribution in [1.82, 2.24) is 0 Å². The van der Waals surface area contributed by atoms with E-state index in [4.69, 9.17) is 9.47 Å². The van der Waals surface area contributed by atoms with Crippen LogP contribution < -0.4 is 9.64 Å². The molecule has 0 spiro atoms. The number of anilines is 1. The first-order valence-electron chi connectivity index (χ1n) is 9.69. The van der Waals surface area contributed by atoms with Gasteiger partial charge in [-0.1, -0.05) is 48.5 Å². The van der Waals surface area contributed by atoms with Crippen LogP contribution in [0.5, 0.6) is 5.75 Å². The molecule has 4 rings (SSSR count). The lowest BCUT2D eigenvalue weighted by Crippen LogP contribution is -2.39. The maximum atomic E-state index is 14.6. The molecule has 1 aliphatic heterocycles. The fourth-order valence-corrected chi connectivity index (χ4v) is 4.30. The minimum Gasteiger partial charge on any atom is -0.496 e. The molecule has 6 heteroatoms. The van der Waals surface area contributed by atoms with E-state index in [9.17, 15) is 9.18 Å². The second kappa shape index (κ2) is 8.88. The molecule has 1 aliphatic rings. The Labute approximate surface area is 183 Å². The van der Waals surface area contributed by atoms with Gasteiger partial charge in [0.05, 0.1) is 23.3 Å². The van der Waals surface area contributed by atoms with Gasteiger partial charge in [-0.05, 0) is 58.1 Å². The van der Waals surface area contributed by atoms with Crippen molar-refractivity contribution < 1.29 is 18.7 Å². The maximum Gasteiger partial charge on any atom is 0.415 e. The number of carbonyl (C=O) groups is 1. The van der Waals surface area contributed by atoms with Crippen molar-refractivity contribution in [3.8, 4) is 5.75 Å². The van der Waals surface area contributed by atoms with Gasteiger partial charge in [-0.25, -0.2) is 9.18 Å². The quantitative estimate of drug-likeness (QED) is 0.441. The number of hydrogen-bond donors (Lipinski definition) is 0. The summed E-state index contributed by atoms with van der Waals surface area (Å²) in [6.45, 7) is 0.146. The summed E-state index contributed by atoms with van der Waals surface area (Å²) in [5, 5.41) is 0. The third kappa shape index (κ3) is 4.05. The van der Waals surface area contributed by atoms with Gasteiger partial charge in [0.1, 0.15) is 18.2 Å². The van der Waals surface area contributed by atoms with Gasteiger partial charge in [-0.15, -0.1) is 0 Å². The van der Waals surface area contributed by atoms with Gasteiger partial charge in [-0.2, -0.15) is 0 Å². The predicted octanol–water partition coefficient (Wildman–Crippen LogP) is 6.43. The average Bonchev–Trinajstić information content (AvgIpc) is 2.77. The van der Waals surface area contributed by atoms with Crippen LogP contribution in [0, 0.1) is 5.82 Å². The number of nitrogens with zero attached hydrogens (tertiary/aromatic N) is 1. The molecule has 0 N–H and O–H groups in total. The summed E-state index contributed by atoms with van der Waals surface area (Å²) in [6.07, 6.45) is 0.768. The lowest BCUT2D eigenvalue weighted by atomic mass is 9.91. The summed E-state index contributed by atoms with van der Waals surface area (Å²) < 4.78 is 26.4. The van der Waals surface area contributed by atoms with Crippen LogP contribution in [0.4, 0.5) is 14.9 Å². The number of benzene rings is 3. The van der Waals surface area contributed by atoms with Crippen LogP contribution in [0.3, 0.4) is 0 Å². The van der Waals surface area contributed by atoms with E-state index in [0.29, 0.717) is 29.8 Å². The summed E-state index contributed by atoms with van der Waals surface area (Å²) in [6, 6.07) is 19.4. The molecule has 1 atom stereocenters. The molecular weight excluding hydrogens is 449 g/mol. The average molecular weight is 470 g/mol. The molecule has 30 heavy (non-hydrogen) atoms. The summed E-state index contributed by atoms with van der Waals surface area (Å²) >= 11 is 3.50. The Balaban J connectivity index is 1.72. The first-order chi connectivity index (χ1) is 14.6. The number of rotatable bonds is 4. The number of halogens is 2. The maximum absolute atomic E-state index is 14.6. The SMILES string of the molecule is COc1cc2c(cc1Br)N(C(=O)OCc1ccccc1)C(c1ccccc1F)CC2. The van der Waals surface area contributed by atoms with Crippen LogP contribution in [0.1, 0.15) is 29.2 Å². The Kier molecular flexibility index (Phi) is 6.04. The molecule has 1 heterocycles. The first kappa shape index (κ1) is 20.4. The predicted molar refractivity (Wildman–Crippen MR) is 117 cm³/mol. The van der Waals surface area contributed by atoms with Crippen molar-refractivity contribution in [2.75, 3.05) is 12.0 Å². The van der Waals surface area contributed by atoms with Crippen molar-refractivity contribution in [1.29, 1.82) is 0 Å². The van der Waals surface area contributed by atoms with Crippen molar-refractivity contribution in [3.05, 3.63) is 93.7 Å². The van der Waals surface area contributed by atoms with Crippen molar-refractivity contribution in [3.63, 3.8) is 0 Å². The molecule has 0 saturated heterocycles. The summed E-state index contributed by atoms with van der Waals surface area (Å²) in [5.41, 5.74) is 3.02. The highest BCUT2D eigenvalue weighted by molar-refractivity contribution is 9.10. The lowest BCUT2D eigenvalue weighted by Gasteiger charge is -2.37. The number of ether oxygens (including phenoxy) is 2. The minimum absolute atomic E-state index is 0.146. The van der Waals surface area contributed by atoms with Crippen LogP contribution in [-0.4, -0.2) is 13.2 Å². The van der Waals surface area contributed by atoms with E-state index in [1.165, 1.54) is 6.07 Å². The van der Waals surface area contributed by atoms with Crippen molar-refractivity contribution >= 4 is 27.7 Å². The van der Waals surface area contributed by atoms with Crippen LogP contribution in [0.15, 0.2) is 71.2 Å². The van der Waals surface area contributed by atoms with Crippen LogP contribution in [0.25, 0.3) is 0 Å². The molecule has 154 valence electrons. The molecule has 3 aromatic carbocycles. The van der Waals surface area contributed by atoms with Gasteiger partial charge in [0.15, 0.2) is 0 Å². The molecule has 0 saturated carbocycles. The Bertz CT molecular complexity index is 1060. The number of methoxy groups -OCH3 is 1. The summed E-state index contributed by atoms with van der Waals surface area (Å²) in [7, 11) is 1.60. The Hall–Kier alpha value is -2.86. The third-order valence-electron chi connectivity index (χ3n) is 5.28. The van der Waals surface area contributed by atoms with Gasteiger partial charge in [-0.3, -0.25) is 4.90 Å². The Morgan fingerprint density at radius 3 is 2.60 bits per heavy atom. The highest BCUT2D eigenvalue weighted by Gasteiger charge is 2.35. The summed E-state index contributed by atoms with van der Waals surface area (Å²) in [5.74, 6) is 0.357. The van der Waals surface area contributed by atoms with E-state index >= 15 is 0 Å². The largest absolute Gasteiger partial charge is 0.496 e. The number of carbonyl (C=O) groups excluding carboxylic acids is 1. The zero-order chi connectivity index (χ0) is 21.1. The van der Waals surface area contributed by atoms with Crippen LogP contribution >= 0.6 is 15.9 Å². The van der Waals surface area contributed by atoms with Crippen molar-refractivity contribution in [2.45, 2.75) is 25.5 Å². The van der Waals surface area contributed by atoms with Crippen LogP contribution in [-0.2, 0) is 17.8 Å². The zero-order valence-corrected chi connectivity index (χ0v) is 18.1. The van der Waals surface area contributed by atoms with Crippen LogP contribution in [0.2, 0.25) is 0 Å². The standard InChI is InChI=1S/C24H21BrFNO3/c1-29-23-13-17-11-12-21(18-9-5-6-10-20(18)26)27(22(17)14-19(23)25)24(28)30-15-16-7-3-2-4-8-16/h2-10,13-14,21H,11-12,15H2,1H3. The van der Waals surface area contributed by atoms with E-state index in [1.807, 2.05) is 42.5 Å². The molecule has 0 aliphatic carbocycles. The van der Waals surface area contributed by atoms with E-state index < -0.39 is 12.1 Å². The van der Waals surface area contributed by atoms with E-state index in [-0.39, 0.29) is 12.4 Å². The minimum atomic E-state index is -0.509. The molecule has 0 bridgehead atoms. The Morgan fingerprint density at radius 2 is 1.87 bits per heavy atom. The van der Waals surface area contributed by atoms with Gasteiger partial charge in [0.25, 0.3) is 0 Å². The van der Waals surface area contributed by atoms with Gasteiger partial charge < -0.3 is 9.47 Å². The molecule has 0 aromatic heterocycles. The summed E-state index contributed by atoms with van der Waals surface area (Å²) in [4.78, 5) is 14.8. The fourth-order valence-electron chi connectivity index (χ4n) is 3.81. The third-order valence-corrected chi connectivity index (χ3v) is 5.90.